The molecule has 1 unspecified atom stereocenters. The van der Waals surface area contributed by atoms with Gasteiger partial charge in [0.1, 0.15) is 5.54 Å². The van der Waals surface area contributed by atoms with E-state index in [0.717, 1.165) is 48.4 Å². The average molecular weight is 433 g/mol. The first-order chi connectivity index (χ1) is 15.5. The van der Waals surface area contributed by atoms with Gasteiger partial charge in [0.25, 0.3) is 0 Å². The van der Waals surface area contributed by atoms with Crippen LogP contribution in [0, 0.1) is 16.7 Å². The third-order valence-electron chi connectivity index (χ3n) is 7.46. The fourth-order valence-electron chi connectivity index (χ4n) is 5.39. The molecule has 0 bridgehead atoms. The Morgan fingerprint density at radius 3 is 2.47 bits per heavy atom. The van der Waals surface area contributed by atoms with Crippen molar-refractivity contribution in [3.05, 3.63) is 48.0 Å². The topological polar surface area (TPSA) is 99.2 Å². The minimum absolute atomic E-state index is 0.0744. The lowest BCUT2D eigenvalue weighted by Gasteiger charge is -2.38. The van der Waals surface area contributed by atoms with Crippen LogP contribution in [0.25, 0.3) is 10.8 Å². The predicted octanol–water partition coefficient (Wildman–Crippen LogP) is 3.64. The van der Waals surface area contributed by atoms with Crippen LogP contribution in [0.1, 0.15) is 56.9 Å². The molecule has 1 aliphatic carbocycles. The minimum atomic E-state index is -0.866. The highest BCUT2D eigenvalue weighted by molar-refractivity contribution is 5.84. The van der Waals surface area contributed by atoms with Gasteiger partial charge in [0.2, 0.25) is 11.8 Å². The first-order valence-corrected chi connectivity index (χ1v) is 11.7. The van der Waals surface area contributed by atoms with Gasteiger partial charge < -0.3 is 16.0 Å². The van der Waals surface area contributed by atoms with Gasteiger partial charge in [-0.05, 0) is 54.6 Å². The van der Waals surface area contributed by atoms with Crippen LogP contribution in [-0.2, 0) is 16.1 Å². The van der Waals surface area contributed by atoms with Crippen molar-refractivity contribution in [2.45, 2.75) is 63.5 Å². The summed E-state index contributed by atoms with van der Waals surface area (Å²) in [7, 11) is 0. The third-order valence-corrected chi connectivity index (χ3v) is 7.46. The number of carbonyl (C=O) groups is 2. The van der Waals surface area contributed by atoms with E-state index in [4.69, 9.17) is 5.73 Å². The van der Waals surface area contributed by atoms with Crippen molar-refractivity contribution in [1.82, 2.24) is 10.2 Å². The van der Waals surface area contributed by atoms with E-state index in [2.05, 4.69) is 35.7 Å². The summed E-state index contributed by atoms with van der Waals surface area (Å²) in [5, 5.41) is 15.6. The van der Waals surface area contributed by atoms with Crippen LogP contribution in [0.2, 0.25) is 0 Å². The Kier molecular flexibility index (Phi) is 6.48. The lowest BCUT2D eigenvalue weighted by Crippen LogP contribution is -2.52. The molecule has 6 nitrogen and oxygen atoms in total. The van der Waals surface area contributed by atoms with E-state index < -0.39 is 11.0 Å². The van der Waals surface area contributed by atoms with Gasteiger partial charge in [-0.3, -0.25) is 9.59 Å². The Morgan fingerprint density at radius 2 is 1.81 bits per heavy atom. The largest absolute Gasteiger partial charge is 0.369 e. The third kappa shape index (κ3) is 4.35. The smallest absolute Gasteiger partial charge is 0.224 e. The van der Waals surface area contributed by atoms with E-state index in [-0.39, 0.29) is 18.2 Å². The number of rotatable bonds is 7. The fraction of sp³-hybridized carbons (Fsp3) is 0.500. The van der Waals surface area contributed by atoms with Crippen LogP contribution >= 0.6 is 0 Å². The van der Waals surface area contributed by atoms with Crippen molar-refractivity contribution < 1.29 is 9.59 Å². The summed E-state index contributed by atoms with van der Waals surface area (Å²) in [6.45, 7) is 1.55. The minimum Gasteiger partial charge on any atom is -0.369 e. The lowest BCUT2D eigenvalue weighted by atomic mass is 9.70. The second kappa shape index (κ2) is 9.30. The highest BCUT2D eigenvalue weighted by Gasteiger charge is 2.44. The maximum atomic E-state index is 13.6. The van der Waals surface area contributed by atoms with Gasteiger partial charge in [0.15, 0.2) is 0 Å². The molecular weight excluding hydrogens is 400 g/mol. The monoisotopic (exact) mass is 432 g/mol. The summed E-state index contributed by atoms with van der Waals surface area (Å²) in [5.41, 5.74) is 5.34. The highest BCUT2D eigenvalue weighted by Crippen LogP contribution is 2.40. The summed E-state index contributed by atoms with van der Waals surface area (Å²) in [6, 6.07) is 16.7. The fourth-order valence-corrected chi connectivity index (χ4v) is 5.39. The molecule has 2 aromatic carbocycles. The standard InChI is InChI=1S/C26H32N4O2/c27-18-26(14-15-29-19-26)30(17-20-8-9-21-6-2-3-7-22(21)16-20)23(31)10-13-25(24(28)32)11-4-1-5-12-25/h2-3,6-9,16,29H,1,4-5,10-15,17,19H2,(H2,28,32). The van der Waals surface area contributed by atoms with Gasteiger partial charge >= 0.3 is 0 Å². The zero-order valence-corrected chi connectivity index (χ0v) is 18.6. The molecule has 1 aliphatic heterocycles. The molecule has 2 fully saturated rings. The summed E-state index contributed by atoms with van der Waals surface area (Å²) >= 11 is 0. The average Bonchev–Trinajstić information content (AvgIpc) is 3.31. The lowest BCUT2D eigenvalue weighted by molar-refractivity contribution is -0.138. The molecule has 2 amide bonds. The highest BCUT2D eigenvalue weighted by atomic mass is 16.2. The van der Waals surface area contributed by atoms with Gasteiger partial charge in [0.05, 0.1) is 6.07 Å². The molecule has 1 heterocycles. The zero-order valence-electron chi connectivity index (χ0n) is 18.6. The van der Waals surface area contributed by atoms with Gasteiger partial charge in [-0.25, -0.2) is 0 Å². The molecule has 0 radical (unpaired) electrons. The van der Waals surface area contributed by atoms with Crippen molar-refractivity contribution in [3.63, 3.8) is 0 Å². The normalized spacial score (nSPS) is 22.3. The molecule has 32 heavy (non-hydrogen) atoms. The van der Waals surface area contributed by atoms with Crippen LogP contribution in [0.15, 0.2) is 42.5 Å². The van der Waals surface area contributed by atoms with E-state index in [1.807, 2.05) is 18.2 Å². The van der Waals surface area contributed by atoms with Crippen LogP contribution in [0.5, 0.6) is 0 Å². The van der Waals surface area contributed by atoms with E-state index >= 15 is 0 Å². The van der Waals surface area contributed by atoms with Gasteiger partial charge in [0, 0.05) is 24.9 Å². The number of amides is 2. The Bertz CT molecular complexity index is 1030. The molecule has 1 atom stereocenters. The maximum Gasteiger partial charge on any atom is 0.224 e. The number of nitrogens with zero attached hydrogens (tertiary/aromatic N) is 2. The number of benzene rings is 2. The Labute approximate surface area is 189 Å². The van der Waals surface area contributed by atoms with Crippen LogP contribution in [0.4, 0.5) is 0 Å². The van der Waals surface area contributed by atoms with Crippen LogP contribution in [-0.4, -0.2) is 35.3 Å². The Morgan fingerprint density at radius 1 is 1.06 bits per heavy atom. The summed E-state index contributed by atoms with van der Waals surface area (Å²) in [4.78, 5) is 27.6. The zero-order chi connectivity index (χ0) is 22.6. The van der Waals surface area contributed by atoms with Gasteiger partial charge in [-0.2, -0.15) is 5.26 Å². The summed E-state index contributed by atoms with van der Waals surface area (Å²) in [6.07, 6.45) is 5.87. The maximum absolute atomic E-state index is 13.6. The number of carbonyl (C=O) groups excluding carboxylic acids is 2. The van der Waals surface area contributed by atoms with Crippen molar-refractivity contribution in [1.29, 1.82) is 5.26 Å². The van der Waals surface area contributed by atoms with Crippen molar-refractivity contribution in [3.8, 4) is 6.07 Å². The number of fused-ring (bicyclic) bond motifs is 1. The number of nitrogens with one attached hydrogen (secondary N) is 1. The number of hydrogen-bond acceptors (Lipinski definition) is 4. The molecule has 1 saturated carbocycles. The van der Waals surface area contributed by atoms with E-state index in [1.54, 1.807) is 4.90 Å². The number of hydrogen-bond donors (Lipinski definition) is 2. The van der Waals surface area contributed by atoms with Crippen molar-refractivity contribution >= 4 is 22.6 Å². The number of nitriles is 1. The molecule has 1 saturated heterocycles. The summed E-state index contributed by atoms with van der Waals surface area (Å²) in [5.74, 6) is -0.363. The van der Waals surface area contributed by atoms with Crippen LogP contribution < -0.4 is 11.1 Å². The quantitative estimate of drug-likeness (QED) is 0.698. The second-order valence-corrected chi connectivity index (χ2v) is 9.44. The molecule has 3 N–H and O–H groups in total. The molecular formula is C26H32N4O2. The molecule has 4 rings (SSSR count). The Balaban J connectivity index is 1.58. The molecule has 2 aromatic rings. The van der Waals surface area contributed by atoms with Gasteiger partial charge in [-0.1, -0.05) is 55.7 Å². The van der Waals surface area contributed by atoms with Crippen LogP contribution in [0.3, 0.4) is 0 Å². The number of nitrogens with two attached hydrogens (primary N) is 1. The number of primary amides is 1. The molecule has 0 spiro atoms. The predicted molar refractivity (Wildman–Crippen MR) is 124 cm³/mol. The first-order valence-electron chi connectivity index (χ1n) is 11.7. The second-order valence-electron chi connectivity index (χ2n) is 9.44. The first kappa shape index (κ1) is 22.3. The Hall–Kier alpha value is -2.91. The van der Waals surface area contributed by atoms with Crippen molar-refractivity contribution in [2.75, 3.05) is 13.1 Å². The molecule has 6 heteroatoms. The van der Waals surface area contributed by atoms with Crippen molar-refractivity contribution in [2.24, 2.45) is 11.1 Å². The van der Waals surface area contributed by atoms with E-state index in [9.17, 15) is 14.9 Å². The van der Waals surface area contributed by atoms with E-state index in [1.165, 1.54) is 0 Å². The summed E-state index contributed by atoms with van der Waals surface area (Å²) < 4.78 is 0. The van der Waals surface area contributed by atoms with Gasteiger partial charge in [-0.15, -0.1) is 0 Å². The molecule has 168 valence electrons. The molecule has 2 aliphatic rings. The van der Waals surface area contributed by atoms with E-state index in [0.29, 0.717) is 32.5 Å². The SMILES string of the molecule is N#CC1(N(Cc2ccc3ccccc3c2)C(=O)CCC2(C(N)=O)CCCCC2)CCNC1. The molecule has 0 aromatic heterocycles.